The molecule has 5 nitrogen and oxygen atoms in total. The van der Waals surface area contributed by atoms with Gasteiger partial charge in [0.15, 0.2) is 0 Å². The van der Waals surface area contributed by atoms with Gasteiger partial charge in [0, 0.05) is 32.3 Å². The summed E-state index contributed by atoms with van der Waals surface area (Å²) < 4.78 is 0. The number of nitrogens with one attached hydrogen (secondary N) is 2. The fraction of sp³-hybridized carbons (Fsp3) is 0.714. The Hall–Kier alpha value is -1.20. The Morgan fingerprint density at radius 2 is 2.32 bits per heavy atom. The second kappa shape index (κ2) is 7.40. The highest BCUT2D eigenvalue weighted by atomic mass is 15.1. The molecule has 106 valence electrons. The van der Waals surface area contributed by atoms with E-state index in [1.54, 1.807) is 0 Å². The summed E-state index contributed by atoms with van der Waals surface area (Å²) in [5.41, 5.74) is 0. The molecule has 0 radical (unpaired) electrons. The van der Waals surface area contributed by atoms with Gasteiger partial charge in [-0.2, -0.15) is 0 Å². The second-order valence-corrected chi connectivity index (χ2v) is 5.34. The van der Waals surface area contributed by atoms with E-state index >= 15 is 0 Å². The van der Waals surface area contributed by atoms with Crippen LogP contribution in [0, 0.1) is 5.92 Å². The van der Waals surface area contributed by atoms with E-state index in [1.165, 1.54) is 25.9 Å². The van der Waals surface area contributed by atoms with E-state index in [4.69, 9.17) is 0 Å². The van der Waals surface area contributed by atoms with Crippen molar-refractivity contribution in [2.75, 3.05) is 45.6 Å². The number of aromatic nitrogens is 2. The summed E-state index contributed by atoms with van der Waals surface area (Å²) in [6.45, 7) is 4.39. The third-order valence-electron chi connectivity index (χ3n) is 3.65. The quantitative estimate of drug-likeness (QED) is 0.768. The van der Waals surface area contributed by atoms with Crippen LogP contribution in [0.25, 0.3) is 0 Å². The van der Waals surface area contributed by atoms with Gasteiger partial charge in [-0.1, -0.05) is 0 Å². The molecule has 1 aliphatic rings. The topological polar surface area (TPSA) is 53.1 Å². The first-order valence-corrected chi connectivity index (χ1v) is 7.17. The van der Waals surface area contributed by atoms with Crippen LogP contribution in [0.3, 0.4) is 0 Å². The van der Waals surface area contributed by atoms with Crippen LogP contribution in [0.4, 0.5) is 5.82 Å². The van der Waals surface area contributed by atoms with Crippen molar-refractivity contribution < 1.29 is 0 Å². The van der Waals surface area contributed by atoms with Crippen molar-refractivity contribution in [2.24, 2.45) is 5.92 Å². The smallest absolute Gasteiger partial charge is 0.131 e. The van der Waals surface area contributed by atoms with Crippen molar-refractivity contribution in [3.63, 3.8) is 0 Å². The molecule has 5 heteroatoms. The molecule has 2 heterocycles. The Balaban J connectivity index is 1.73. The predicted octanol–water partition coefficient (Wildman–Crippen LogP) is 0.992. The molecule has 0 saturated carbocycles. The van der Waals surface area contributed by atoms with E-state index in [0.29, 0.717) is 0 Å². The van der Waals surface area contributed by atoms with E-state index in [0.717, 1.165) is 37.1 Å². The minimum absolute atomic E-state index is 0.836. The average molecular weight is 263 g/mol. The van der Waals surface area contributed by atoms with Crippen LogP contribution < -0.4 is 10.6 Å². The van der Waals surface area contributed by atoms with E-state index in [9.17, 15) is 0 Å². The van der Waals surface area contributed by atoms with Gasteiger partial charge in [0.1, 0.15) is 11.6 Å². The van der Waals surface area contributed by atoms with Gasteiger partial charge >= 0.3 is 0 Å². The largest absolute Gasteiger partial charge is 0.370 e. The molecule has 1 aromatic heterocycles. The maximum absolute atomic E-state index is 4.52. The standard InChI is InChI=1S/C14H25N5/c1-15-7-4-13-17-9-5-14(18-13)16-8-3-12-6-10-19(2)11-12/h5,9,12,15H,3-4,6-8,10-11H2,1-2H3,(H,16,17,18). The van der Waals surface area contributed by atoms with Gasteiger partial charge in [0.25, 0.3) is 0 Å². The lowest BCUT2D eigenvalue weighted by molar-refractivity contribution is 0.390. The highest BCUT2D eigenvalue weighted by Gasteiger charge is 2.18. The summed E-state index contributed by atoms with van der Waals surface area (Å²) >= 11 is 0. The third kappa shape index (κ3) is 4.76. The van der Waals surface area contributed by atoms with Crippen molar-refractivity contribution in [2.45, 2.75) is 19.3 Å². The Kier molecular flexibility index (Phi) is 5.54. The molecule has 19 heavy (non-hydrogen) atoms. The van der Waals surface area contributed by atoms with Crippen molar-refractivity contribution >= 4 is 5.82 Å². The summed E-state index contributed by atoms with van der Waals surface area (Å²) in [6.07, 6.45) is 5.26. The van der Waals surface area contributed by atoms with Crippen LogP contribution >= 0.6 is 0 Å². The molecule has 1 unspecified atom stereocenters. The van der Waals surface area contributed by atoms with Gasteiger partial charge in [-0.25, -0.2) is 9.97 Å². The Bertz CT molecular complexity index is 382. The average Bonchev–Trinajstić information content (AvgIpc) is 2.83. The molecule has 1 saturated heterocycles. The normalized spacial score (nSPS) is 19.8. The predicted molar refractivity (Wildman–Crippen MR) is 78.4 cm³/mol. The van der Waals surface area contributed by atoms with E-state index in [1.807, 2.05) is 19.3 Å². The summed E-state index contributed by atoms with van der Waals surface area (Å²) in [5, 5.41) is 6.53. The lowest BCUT2D eigenvalue weighted by atomic mass is 10.1. The zero-order valence-electron chi connectivity index (χ0n) is 12.0. The van der Waals surface area contributed by atoms with Crippen LogP contribution in [-0.4, -0.2) is 55.1 Å². The van der Waals surface area contributed by atoms with Crippen LogP contribution in [0.15, 0.2) is 12.3 Å². The summed E-state index contributed by atoms with van der Waals surface area (Å²) in [6, 6.07) is 1.95. The zero-order chi connectivity index (χ0) is 13.5. The molecule has 1 fully saturated rings. The van der Waals surface area contributed by atoms with Gasteiger partial charge in [-0.15, -0.1) is 0 Å². The van der Waals surface area contributed by atoms with Crippen molar-refractivity contribution in [3.05, 3.63) is 18.1 Å². The molecule has 0 spiro atoms. The summed E-state index contributed by atoms with van der Waals surface area (Å²) in [4.78, 5) is 11.2. The van der Waals surface area contributed by atoms with Gasteiger partial charge in [-0.3, -0.25) is 0 Å². The van der Waals surface area contributed by atoms with Crippen LogP contribution in [-0.2, 0) is 6.42 Å². The maximum atomic E-state index is 4.52. The van der Waals surface area contributed by atoms with Crippen LogP contribution in [0.1, 0.15) is 18.7 Å². The molecule has 1 aromatic rings. The van der Waals surface area contributed by atoms with Gasteiger partial charge in [0.05, 0.1) is 0 Å². The van der Waals surface area contributed by atoms with E-state index < -0.39 is 0 Å². The highest BCUT2D eigenvalue weighted by Crippen LogP contribution is 2.17. The molecule has 1 atom stereocenters. The number of nitrogens with zero attached hydrogens (tertiary/aromatic N) is 3. The highest BCUT2D eigenvalue weighted by molar-refractivity contribution is 5.32. The third-order valence-corrected chi connectivity index (χ3v) is 3.65. The number of rotatable bonds is 7. The minimum Gasteiger partial charge on any atom is -0.370 e. The molecule has 1 aliphatic heterocycles. The van der Waals surface area contributed by atoms with Crippen molar-refractivity contribution in [1.29, 1.82) is 0 Å². The first-order valence-electron chi connectivity index (χ1n) is 7.17. The van der Waals surface area contributed by atoms with Crippen LogP contribution in [0.5, 0.6) is 0 Å². The number of hydrogen-bond acceptors (Lipinski definition) is 5. The van der Waals surface area contributed by atoms with E-state index in [2.05, 4.69) is 32.5 Å². The molecule has 2 rings (SSSR count). The molecular weight excluding hydrogens is 238 g/mol. The van der Waals surface area contributed by atoms with Gasteiger partial charge in [-0.05, 0) is 45.5 Å². The molecule has 0 aliphatic carbocycles. The number of hydrogen-bond donors (Lipinski definition) is 2. The lowest BCUT2D eigenvalue weighted by Gasteiger charge is -2.11. The van der Waals surface area contributed by atoms with Gasteiger partial charge < -0.3 is 15.5 Å². The molecule has 0 bridgehead atoms. The summed E-state index contributed by atoms with van der Waals surface area (Å²) in [5.74, 6) is 2.69. The fourth-order valence-electron chi connectivity index (χ4n) is 2.52. The van der Waals surface area contributed by atoms with E-state index in [-0.39, 0.29) is 0 Å². The first kappa shape index (κ1) is 14.2. The molecule has 0 amide bonds. The fourth-order valence-corrected chi connectivity index (χ4v) is 2.52. The SMILES string of the molecule is CNCCc1nccc(NCCC2CCN(C)C2)n1. The summed E-state index contributed by atoms with van der Waals surface area (Å²) in [7, 11) is 4.15. The maximum Gasteiger partial charge on any atom is 0.131 e. The molecular formula is C14H25N5. The zero-order valence-corrected chi connectivity index (χ0v) is 12.0. The lowest BCUT2D eigenvalue weighted by Crippen LogP contribution is -2.16. The Morgan fingerprint density at radius 1 is 1.42 bits per heavy atom. The monoisotopic (exact) mass is 263 g/mol. The first-order chi connectivity index (χ1) is 9.28. The second-order valence-electron chi connectivity index (χ2n) is 5.34. The number of likely N-dealkylation sites (tertiary alicyclic amines) is 1. The molecule has 2 N–H and O–H groups in total. The van der Waals surface area contributed by atoms with Gasteiger partial charge in [0.2, 0.25) is 0 Å². The Labute approximate surface area is 115 Å². The van der Waals surface area contributed by atoms with Crippen LogP contribution in [0.2, 0.25) is 0 Å². The van der Waals surface area contributed by atoms with Crippen molar-refractivity contribution in [1.82, 2.24) is 20.2 Å². The minimum atomic E-state index is 0.836. The molecule has 0 aromatic carbocycles. The van der Waals surface area contributed by atoms with Crippen molar-refractivity contribution in [3.8, 4) is 0 Å². The Morgan fingerprint density at radius 3 is 3.05 bits per heavy atom. The number of anilines is 1. The number of likely N-dealkylation sites (N-methyl/N-ethyl adjacent to an activating group) is 1.